The lowest BCUT2D eigenvalue weighted by Gasteiger charge is -2.26. The molecule has 3 heteroatoms. The molecular weight excluding hydrogens is 735 g/mol. The molecule has 10 aromatic carbocycles. The van der Waals surface area contributed by atoms with Crippen molar-refractivity contribution in [2.24, 2.45) is 0 Å². The van der Waals surface area contributed by atoms with Gasteiger partial charge in [0.15, 0.2) is 0 Å². The highest BCUT2D eigenvalue weighted by molar-refractivity contribution is 7.26. The maximum absolute atomic E-state index is 7.01. The van der Waals surface area contributed by atoms with Gasteiger partial charge in [-0.2, -0.15) is 0 Å². The zero-order valence-corrected chi connectivity index (χ0v) is 32.8. The predicted octanol–water partition coefficient (Wildman–Crippen LogP) is 16.7. The van der Waals surface area contributed by atoms with Crippen LogP contribution in [0.5, 0.6) is 0 Å². The summed E-state index contributed by atoms with van der Waals surface area (Å²) in [6, 6.07) is 76.8. The number of hydrogen-bond acceptors (Lipinski definition) is 3. The van der Waals surface area contributed by atoms with Gasteiger partial charge in [0.25, 0.3) is 0 Å². The summed E-state index contributed by atoms with van der Waals surface area (Å²) in [5.41, 5.74) is 12.0. The first-order chi connectivity index (χ1) is 29.2. The Hall–Kier alpha value is -7.46. The lowest BCUT2D eigenvalue weighted by atomic mass is 9.93. The lowest BCUT2D eigenvalue weighted by Crippen LogP contribution is -2.10. The van der Waals surface area contributed by atoms with Crippen molar-refractivity contribution in [1.29, 1.82) is 0 Å². The minimum atomic E-state index is 0.855. The molecule has 0 amide bonds. The monoisotopic (exact) mass is 769 g/mol. The molecule has 12 rings (SSSR count). The number of anilines is 3. The van der Waals surface area contributed by atoms with Gasteiger partial charge in [0.2, 0.25) is 0 Å². The van der Waals surface area contributed by atoms with E-state index in [-0.39, 0.29) is 0 Å². The number of nitrogens with zero attached hydrogens (tertiary/aromatic N) is 1. The Bertz CT molecular complexity index is 3540. The summed E-state index contributed by atoms with van der Waals surface area (Å²) in [5, 5.41) is 9.58. The van der Waals surface area contributed by atoms with Crippen molar-refractivity contribution < 1.29 is 4.42 Å². The fraction of sp³-hybridized carbons (Fsp3) is 0. The summed E-state index contributed by atoms with van der Waals surface area (Å²) < 4.78 is 9.65. The van der Waals surface area contributed by atoms with Crippen LogP contribution in [0.4, 0.5) is 17.1 Å². The van der Waals surface area contributed by atoms with Gasteiger partial charge in [-0.1, -0.05) is 158 Å². The van der Waals surface area contributed by atoms with Crippen molar-refractivity contribution in [2.45, 2.75) is 0 Å². The average Bonchev–Trinajstić information content (AvgIpc) is 3.88. The summed E-state index contributed by atoms with van der Waals surface area (Å²) >= 11 is 1.87. The molecule has 0 unspecified atom stereocenters. The summed E-state index contributed by atoms with van der Waals surface area (Å²) in [7, 11) is 0. The van der Waals surface area contributed by atoms with E-state index >= 15 is 0 Å². The third-order valence-electron chi connectivity index (χ3n) is 11.8. The molecule has 0 spiro atoms. The Morgan fingerprint density at radius 2 is 1.02 bits per heavy atom. The lowest BCUT2D eigenvalue weighted by molar-refractivity contribution is 0.670. The second-order valence-corrected chi connectivity index (χ2v) is 16.3. The van der Waals surface area contributed by atoms with E-state index in [0.29, 0.717) is 0 Å². The number of thiophene rings is 1. The fourth-order valence-corrected chi connectivity index (χ4v) is 10.3. The second-order valence-electron chi connectivity index (χ2n) is 15.2. The van der Waals surface area contributed by atoms with Gasteiger partial charge in [0.1, 0.15) is 11.2 Å². The maximum Gasteiger partial charge on any atom is 0.143 e. The van der Waals surface area contributed by atoms with Crippen LogP contribution in [-0.2, 0) is 0 Å². The van der Waals surface area contributed by atoms with E-state index in [1.807, 2.05) is 11.3 Å². The normalized spacial score (nSPS) is 11.7. The third kappa shape index (κ3) is 5.55. The van der Waals surface area contributed by atoms with Gasteiger partial charge in [0, 0.05) is 42.5 Å². The molecule has 276 valence electrons. The van der Waals surface area contributed by atoms with E-state index in [1.54, 1.807) is 0 Å². The largest absolute Gasteiger partial charge is 0.455 e. The van der Waals surface area contributed by atoms with Gasteiger partial charge in [-0.05, 0) is 104 Å². The molecule has 2 heterocycles. The Balaban J connectivity index is 1.07. The van der Waals surface area contributed by atoms with Crippen molar-refractivity contribution in [2.75, 3.05) is 4.90 Å². The zero-order valence-electron chi connectivity index (χ0n) is 32.0. The predicted molar refractivity (Wildman–Crippen MR) is 253 cm³/mol. The standard InChI is InChI=1S/C56H35NOS/c1-2-12-36(13-3-1)38-26-30-43(31-27-38)57(44-32-28-39(29-33-44)46-19-10-20-48-47-18-8-9-23-52(47)59-56(46)48)50-21-11-22-51-54(50)49-35-41-16-6-7-17-45(41)53(55(49)58-51)42-25-24-37-14-4-5-15-40(37)34-42/h1-35H. The van der Waals surface area contributed by atoms with Crippen LogP contribution in [0.1, 0.15) is 0 Å². The second kappa shape index (κ2) is 13.6. The highest BCUT2D eigenvalue weighted by atomic mass is 32.1. The zero-order chi connectivity index (χ0) is 38.9. The van der Waals surface area contributed by atoms with E-state index in [4.69, 9.17) is 4.42 Å². The van der Waals surface area contributed by atoms with Crippen LogP contribution in [-0.4, -0.2) is 0 Å². The highest BCUT2D eigenvalue weighted by Gasteiger charge is 2.23. The van der Waals surface area contributed by atoms with E-state index in [1.165, 1.54) is 64.0 Å². The highest BCUT2D eigenvalue weighted by Crippen LogP contribution is 2.48. The Morgan fingerprint density at radius 1 is 0.390 bits per heavy atom. The molecule has 0 atom stereocenters. The first kappa shape index (κ1) is 33.7. The van der Waals surface area contributed by atoms with Gasteiger partial charge in [0.05, 0.1) is 11.1 Å². The SMILES string of the molecule is c1ccc(-c2ccc(N(c3ccc(-c4cccc5c4sc4ccccc45)cc3)c3cccc4oc5c(-c6ccc7ccccc7c6)c6ccccc6cc5c34)cc2)cc1. The molecule has 0 bridgehead atoms. The van der Waals surface area contributed by atoms with E-state index in [2.05, 4.69) is 217 Å². The number of furan rings is 1. The van der Waals surface area contributed by atoms with Gasteiger partial charge in [-0.15, -0.1) is 11.3 Å². The smallest absolute Gasteiger partial charge is 0.143 e. The van der Waals surface area contributed by atoms with Gasteiger partial charge in [-0.3, -0.25) is 0 Å². The van der Waals surface area contributed by atoms with Crippen LogP contribution in [0, 0.1) is 0 Å². The molecule has 59 heavy (non-hydrogen) atoms. The molecule has 0 radical (unpaired) electrons. The molecule has 0 aliphatic carbocycles. The maximum atomic E-state index is 7.01. The van der Waals surface area contributed by atoms with Crippen molar-refractivity contribution >= 4 is 92.1 Å². The van der Waals surface area contributed by atoms with Crippen LogP contribution < -0.4 is 4.90 Å². The fourth-order valence-electron chi connectivity index (χ4n) is 9.05. The molecule has 0 aliphatic heterocycles. The Kier molecular flexibility index (Phi) is 7.75. The molecule has 2 nitrogen and oxygen atoms in total. The number of rotatable bonds is 6. The molecule has 0 N–H and O–H groups in total. The summed E-state index contributed by atoms with van der Waals surface area (Å²) in [5.74, 6) is 0. The van der Waals surface area contributed by atoms with Crippen LogP contribution in [0.25, 0.3) is 97.0 Å². The number of fused-ring (bicyclic) bond motifs is 8. The van der Waals surface area contributed by atoms with Gasteiger partial charge >= 0.3 is 0 Å². The molecule has 0 saturated heterocycles. The summed E-state index contributed by atoms with van der Waals surface area (Å²) in [6.45, 7) is 0. The van der Waals surface area contributed by atoms with E-state index in [9.17, 15) is 0 Å². The van der Waals surface area contributed by atoms with Crippen molar-refractivity contribution in [1.82, 2.24) is 0 Å². The van der Waals surface area contributed by atoms with Crippen molar-refractivity contribution in [3.05, 3.63) is 212 Å². The van der Waals surface area contributed by atoms with Crippen LogP contribution in [0.2, 0.25) is 0 Å². The number of benzene rings is 10. The topological polar surface area (TPSA) is 16.4 Å². The first-order valence-corrected chi connectivity index (χ1v) is 20.9. The van der Waals surface area contributed by atoms with Gasteiger partial charge < -0.3 is 9.32 Å². The van der Waals surface area contributed by atoms with Crippen LogP contribution >= 0.6 is 11.3 Å². The summed E-state index contributed by atoms with van der Waals surface area (Å²) in [6.07, 6.45) is 0. The molecule has 12 aromatic rings. The Labute approximate surface area is 345 Å². The van der Waals surface area contributed by atoms with E-state index < -0.39 is 0 Å². The quantitative estimate of drug-likeness (QED) is 0.167. The summed E-state index contributed by atoms with van der Waals surface area (Å²) in [4.78, 5) is 2.39. The minimum Gasteiger partial charge on any atom is -0.455 e. The first-order valence-electron chi connectivity index (χ1n) is 20.1. The molecule has 0 fully saturated rings. The average molecular weight is 770 g/mol. The molecular formula is C56H35NOS. The van der Waals surface area contributed by atoms with Crippen molar-refractivity contribution in [3.63, 3.8) is 0 Å². The minimum absolute atomic E-state index is 0.855. The molecule has 2 aromatic heterocycles. The van der Waals surface area contributed by atoms with Crippen LogP contribution in [0.15, 0.2) is 217 Å². The Morgan fingerprint density at radius 3 is 1.83 bits per heavy atom. The van der Waals surface area contributed by atoms with Crippen LogP contribution in [0.3, 0.4) is 0 Å². The van der Waals surface area contributed by atoms with Crippen molar-refractivity contribution in [3.8, 4) is 33.4 Å². The molecule has 0 aliphatic rings. The molecule has 0 saturated carbocycles. The van der Waals surface area contributed by atoms with Gasteiger partial charge in [-0.25, -0.2) is 0 Å². The number of hydrogen-bond donors (Lipinski definition) is 0. The van der Waals surface area contributed by atoms with E-state index in [0.717, 1.165) is 50.1 Å². The third-order valence-corrected chi connectivity index (χ3v) is 13.1.